The van der Waals surface area contributed by atoms with E-state index in [1.807, 2.05) is 109 Å². The Hall–Kier alpha value is -7.42. The van der Waals surface area contributed by atoms with E-state index in [9.17, 15) is 10.5 Å². The minimum Gasteiger partial charge on any atom is -0.497 e. The zero-order valence-electron chi connectivity index (χ0n) is 30.1. The van der Waals surface area contributed by atoms with E-state index in [4.69, 9.17) is 18.9 Å². The van der Waals surface area contributed by atoms with Crippen molar-refractivity contribution in [3.8, 4) is 57.4 Å². The molecule has 0 saturated carbocycles. The molecule has 0 amide bonds. The van der Waals surface area contributed by atoms with Gasteiger partial charge < -0.3 is 28.7 Å². The number of hydrogen-bond donors (Lipinski definition) is 0. The van der Waals surface area contributed by atoms with Crippen LogP contribution in [-0.2, 0) is 0 Å². The van der Waals surface area contributed by atoms with E-state index in [1.54, 1.807) is 28.4 Å². The smallest absolute Gasteiger partial charge is 0.119 e. The van der Waals surface area contributed by atoms with Gasteiger partial charge in [0.15, 0.2) is 0 Å². The van der Waals surface area contributed by atoms with Crippen molar-refractivity contribution in [3.63, 3.8) is 0 Å². The number of anilines is 6. The van der Waals surface area contributed by atoms with E-state index in [1.165, 1.54) is 0 Å². The van der Waals surface area contributed by atoms with E-state index in [0.29, 0.717) is 16.5 Å². The maximum Gasteiger partial charge on any atom is 0.119 e. The molecule has 7 aromatic rings. The van der Waals surface area contributed by atoms with Crippen molar-refractivity contribution in [2.24, 2.45) is 0 Å². The van der Waals surface area contributed by atoms with Crippen molar-refractivity contribution < 1.29 is 18.9 Å². The molecule has 8 heteroatoms. The first kappa shape index (κ1) is 33.7. The molecule has 8 nitrogen and oxygen atoms in total. The Labute approximate surface area is 313 Å². The first-order valence-corrected chi connectivity index (χ1v) is 17.2. The summed E-state index contributed by atoms with van der Waals surface area (Å²) in [6.07, 6.45) is 0. The minimum absolute atomic E-state index is 0.309. The van der Waals surface area contributed by atoms with Crippen LogP contribution < -0.4 is 28.7 Å². The van der Waals surface area contributed by atoms with Gasteiger partial charge in [0.1, 0.15) is 35.1 Å². The normalized spacial score (nSPS) is 10.9. The second-order valence-electron chi connectivity index (χ2n) is 12.6. The van der Waals surface area contributed by atoms with Crippen LogP contribution in [0, 0.1) is 22.7 Å². The molecule has 262 valence electrons. The highest BCUT2D eigenvalue weighted by atomic mass is 16.5. The van der Waals surface area contributed by atoms with Gasteiger partial charge in [-0.3, -0.25) is 0 Å². The van der Waals surface area contributed by atoms with Gasteiger partial charge in [-0.25, -0.2) is 0 Å². The first-order chi connectivity index (χ1) is 26.5. The monoisotopic (exact) mass is 706 g/mol. The Balaban J connectivity index is 1.36. The molecular formula is C46H34N4O4. The quantitative estimate of drug-likeness (QED) is 0.139. The largest absolute Gasteiger partial charge is 0.497 e. The van der Waals surface area contributed by atoms with Gasteiger partial charge in [-0.05, 0) is 144 Å². The summed E-state index contributed by atoms with van der Waals surface area (Å²) in [6.45, 7) is 0. The number of benzene rings is 7. The van der Waals surface area contributed by atoms with Gasteiger partial charge in [-0.1, -0.05) is 12.1 Å². The van der Waals surface area contributed by atoms with E-state index < -0.39 is 0 Å². The molecule has 1 aliphatic carbocycles. The lowest BCUT2D eigenvalue weighted by Gasteiger charge is -2.28. The van der Waals surface area contributed by atoms with Gasteiger partial charge in [0, 0.05) is 39.2 Å². The van der Waals surface area contributed by atoms with E-state index in [-0.39, 0.29) is 0 Å². The topological polar surface area (TPSA) is 91.0 Å². The molecule has 0 saturated heterocycles. The first-order valence-electron chi connectivity index (χ1n) is 17.2. The highest BCUT2D eigenvalue weighted by Crippen LogP contribution is 2.54. The van der Waals surface area contributed by atoms with Crippen molar-refractivity contribution in [1.82, 2.24) is 0 Å². The highest BCUT2D eigenvalue weighted by Gasteiger charge is 2.30. The fourth-order valence-electron chi connectivity index (χ4n) is 7.30. The van der Waals surface area contributed by atoms with Gasteiger partial charge in [-0.15, -0.1) is 0 Å². The molecule has 0 unspecified atom stereocenters. The van der Waals surface area contributed by atoms with E-state index >= 15 is 0 Å². The molecule has 0 aliphatic heterocycles. The molecule has 0 N–H and O–H groups in total. The van der Waals surface area contributed by atoms with Crippen LogP contribution in [0.25, 0.3) is 33.0 Å². The van der Waals surface area contributed by atoms with Crippen molar-refractivity contribution >= 4 is 44.9 Å². The Morgan fingerprint density at radius 2 is 0.815 bits per heavy atom. The fourth-order valence-corrected chi connectivity index (χ4v) is 7.30. The predicted molar refractivity (Wildman–Crippen MR) is 213 cm³/mol. The number of fused-ring (bicyclic) bond motifs is 3. The van der Waals surface area contributed by atoms with Crippen molar-refractivity contribution in [2.75, 3.05) is 38.2 Å². The third kappa shape index (κ3) is 5.63. The lowest BCUT2D eigenvalue weighted by atomic mass is 9.93. The lowest BCUT2D eigenvalue weighted by Crippen LogP contribution is -2.11. The molecule has 7 aromatic carbocycles. The summed E-state index contributed by atoms with van der Waals surface area (Å²) in [7, 11) is 6.58. The molecular weight excluding hydrogens is 673 g/mol. The number of ether oxygens (including phenoxy) is 4. The molecule has 8 rings (SSSR count). The zero-order chi connectivity index (χ0) is 37.3. The summed E-state index contributed by atoms with van der Waals surface area (Å²) in [6, 6.07) is 48.6. The number of hydrogen-bond acceptors (Lipinski definition) is 8. The van der Waals surface area contributed by atoms with Crippen molar-refractivity contribution in [3.05, 3.63) is 145 Å². The molecule has 0 bridgehead atoms. The summed E-state index contributed by atoms with van der Waals surface area (Å²) in [5.74, 6) is 2.97. The Morgan fingerprint density at radius 1 is 0.389 bits per heavy atom. The summed E-state index contributed by atoms with van der Waals surface area (Å²) in [5, 5.41) is 22.9. The summed E-state index contributed by atoms with van der Waals surface area (Å²) >= 11 is 0. The van der Waals surface area contributed by atoms with Crippen LogP contribution in [0.4, 0.5) is 34.1 Å². The number of rotatable bonds is 10. The van der Waals surface area contributed by atoms with Crippen molar-refractivity contribution in [1.29, 1.82) is 10.5 Å². The Morgan fingerprint density at radius 3 is 1.24 bits per heavy atom. The standard InChI is InChI=1S/C46H34N4O4/c1-51-35-14-5-30(6-15-35)49(31-7-16-36(52-2)17-8-31)34-13-22-39-40-23-24-44(46-43(28-48)29(27-47)25-42(45(40)46)41(39)26-34)50(32-9-18-37(53-3)19-10-32)33-11-20-38(54-4)21-12-33/h5-26H,1-4H3. The zero-order valence-corrected chi connectivity index (χ0v) is 30.1. The van der Waals surface area contributed by atoms with E-state index in [2.05, 4.69) is 46.2 Å². The summed E-state index contributed by atoms with van der Waals surface area (Å²) in [5.41, 5.74) is 9.80. The maximum absolute atomic E-state index is 10.7. The maximum atomic E-state index is 10.7. The van der Waals surface area contributed by atoms with Crippen molar-refractivity contribution in [2.45, 2.75) is 0 Å². The molecule has 0 spiro atoms. The molecule has 54 heavy (non-hydrogen) atoms. The van der Waals surface area contributed by atoms with Crippen LogP contribution >= 0.6 is 0 Å². The molecule has 0 fully saturated rings. The average molecular weight is 707 g/mol. The van der Waals surface area contributed by atoms with Crippen LogP contribution in [0.3, 0.4) is 0 Å². The molecule has 0 heterocycles. The third-order valence-corrected chi connectivity index (χ3v) is 9.90. The number of nitriles is 2. The summed E-state index contributed by atoms with van der Waals surface area (Å²) < 4.78 is 21.9. The Bertz CT molecular complexity index is 2510. The van der Waals surface area contributed by atoms with Gasteiger partial charge >= 0.3 is 0 Å². The average Bonchev–Trinajstić information content (AvgIpc) is 3.55. The van der Waals surface area contributed by atoms with Crippen LogP contribution in [0.5, 0.6) is 23.0 Å². The van der Waals surface area contributed by atoms with Gasteiger partial charge in [0.25, 0.3) is 0 Å². The number of methoxy groups -OCH3 is 4. The van der Waals surface area contributed by atoms with Gasteiger partial charge in [0.2, 0.25) is 0 Å². The van der Waals surface area contributed by atoms with Crippen LogP contribution in [0.2, 0.25) is 0 Å². The van der Waals surface area contributed by atoms with Crippen LogP contribution in [-0.4, -0.2) is 28.4 Å². The summed E-state index contributed by atoms with van der Waals surface area (Å²) in [4.78, 5) is 4.28. The molecule has 0 aromatic heterocycles. The van der Waals surface area contributed by atoms with E-state index in [0.717, 1.165) is 84.8 Å². The lowest BCUT2D eigenvalue weighted by molar-refractivity contribution is 0.414. The Kier molecular flexibility index (Phi) is 8.71. The second-order valence-corrected chi connectivity index (χ2v) is 12.6. The SMILES string of the molecule is COc1ccc(N(c2ccc(OC)cc2)c2ccc3c(c2)-c2cc(C#N)c(C#N)c4c(N(c5ccc(OC)cc5)c5ccc(OC)cc5)ccc-3c24)cc1. The predicted octanol–water partition coefficient (Wildman–Crippen LogP) is 11.2. The van der Waals surface area contributed by atoms with Crippen LogP contribution in [0.15, 0.2) is 133 Å². The molecule has 0 atom stereocenters. The fraction of sp³-hybridized carbons (Fsp3) is 0.0870. The van der Waals surface area contributed by atoms with Crippen LogP contribution in [0.1, 0.15) is 11.1 Å². The molecule has 1 aliphatic rings. The second kappa shape index (κ2) is 14.0. The minimum atomic E-state index is 0.309. The van der Waals surface area contributed by atoms with Gasteiger partial charge in [0.05, 0.1) is 45.3 Å². The highest BCUT2D eigenvalue weighted by molar-refractivity contribution is 6.21. The molecule has 0 radical (unpaired) electrons. The third-order valence-electron chi connectivity index (χ3n) is 9.90. The van der Waals surface area contributed by atoms with Gasteiger partial charge in [-0.2, -0.15) is 10.5 Å². The number of nitrogens with zero attached hydrogens (tertiary/aromatic N) is 4.